The van der Waals surface area contributed by atoms with Gasteiger partial charge in [-0.15, -0.1) is 0 Å². The first-order valence-electron chi connectivity index (χ1n) is 14.5. The smallest absolute Gasteiger partial charge is 0.224 e. The molecular formula is C33H34FN9O2. The Morgan fingerprint density at radius 2 is 1.80 bits per heavy atom. The van der Waals surface area contributed by atoms with Crippen LogP contribution in [0.1, 0.15) is 27.2 Å². The van der Waals surface area contributed by atoms with E-state index in [-0.39, 0.29) is 11.3 Å². The van der Waals surface area contributed by atoms with Crippen LogP contribution < -0.4 is 10.1 Å². The van der Waals surface area contributed by atoms with Gasteiger partial charge < -0.3 is 19.9 Å². The summed E-state index contributed by atoms with van der Waals surface area (Å²) in [6, 6.07) is 8.36. The number of hydrogen-bond acceptors (Lipinski definition) is 8. The molecule has 6 rings (SSSR count). The monoisotopic (exact) mass is 607 g/mol. The third kappa shape index (κ3) is 6.80. The average molecular weight is 608 g/mol. The summed E-state index contributed by atoms with van der Waals surface area (Å²) in [5.74, 6) is 0.464. The predicted octanol–water partition coefficient (Wildman–Crippen LogP) is 6.08. The fourth-order valence-corrected chi connectivity index (χ4v) is 4.99. The molecule has 5 aromatic heterocycles. The maximum absolute atomic E-state index is 14.6. The first kappa shape index (κ1) is 29.8. The number of H-pyrrole nitrogens is 2. The number of hydrogen-bond donors (Lipinski definition) is 3. The zero-order chi connectivity index (χ0) is 31.7. The number of rotatable bonds is 9. The van der Waals surface area contributed by atoms with Gasteiger partial charge in [-0.05, 0) is 49.3 Å². The lowest BCUT2D eigenvalue weighted by Gasteiger charge is -2.17. The number of anilines is 1. The Kier molecular flexibility index (Phi) is 7.98. The summed E-state index contributed by atoms with van der Waals surface area (Å²) in [6.07, 6.45) is 8.74. The van der Waals surface area contributed by atoms with Crippen molar-refractivity contribution in [3.8, 4) is 39.7 Å². The number of likely N-dealkylation sites (N-methyl/N-ethyl adjacent to an activating group) is 1. The van der Waals surface area contributed by atoms with Gasteiger partial charge in [-0.3, -0.25) is 24.8 Å². The second-order valence-electron chi connectivity index (χ2n) is 12.4. The molecule has 230 valence electrons. The number of fused-ring (bicyclic) bond motifs is 2. The number of imidazole rings is 1. The summed E-state index contributed by atoms with van der Waals surface area (Å²) < 4.78 is 20.4. The second-order valence-corrected chi connectivity index (χ2v) is 12.4. The van der Waals surface area contributed by atoms with Crippen LogP contribution in [0.3, 0.4) is 0 Å². The predicted molar refractivity (Wildman–Crippen MR) is 172 cm³/mol. The van der Waals surface area contributed by atoms with Crippen molar-refractivity contribution in [2.45, 2.75) is 27.2 Å². The van der Waals surface area contributed by atoms with Crippen molar-refractivity contribution < 1.29 is 13.9 Å². The minimum atomic E-state index is -0.411. The SMILES string of the molecule is CN(C)CCOc1cc(F)cc(-c2cncc3[nH]c(-c4n[nH]c5cnc(-c6cncc(NC(=O)CC(C)(C)C)c6)cc45)nc23)c1. The molecule has 0 bridgehead atoms. The summed E-state index contributed by atoms with van der Waals surface area (Å²) >= 11 is 0. The number of pyridine rings is 3. The molecule has 1 amide bonds. The molecule has 6 aromatic rings. The van der Waals surface area contributed by atoms with E-state index >= 15 is 0 Å². The van der Waals surface area contributed by atoms with E-state index in [1.165, 1.54) is 12.1 Å². The van der Waals surface area contributed by atoms with Crippen molar-refractivity contribution in [3.63, 3.8) is 0 Å². The van der Waals surface area contributed by atoms with Crippen LogP contribution in [0.15, 0.2) is 61.3 Å². The van der Waals surface area contributed by atoms with Crippen molar-refractivity contribution in [2.24, 2.45) is 5.41 Å². The maximum Gasteiger partial charge on any atom is 0.224 e. The van der Waals surface area contributed by atoms with Gasteiger partial charge in [0.1, 0.15) is 23.9 Å². The molecule has 0 spiro atoms. The highest BCUT2D eigenvalue weighted by atomic mass is 19.1. The molecule has 12 heteroatoms. The average Bonchev–Trinajstić information content (AvgIpc) is 3.59. The van der Waals surface area contributed by atoms with Gasteiger partial charge in [0.15, 0.2) is 5.82 Å². The Labute approximate surface area is 259 Å². The van der Waals surface area contributed by atoms with E-state index in [1.54, 1.807) is 37.1 Å². The topological polar surface area (TPSA) is 138 Å². The van der Waals surface area contributed by atoms with Crippen molar-refractivity contribution in [2.75, 3.05) is 32.6 Å². The van der Waals surface area contributed by atoms with E-state index in [0.717, 1.165) is 16.5 Å². The van der Waals surface area contributed by atoms with Crippen molar-refractivity contribution >= 4 is 33.5 Å². The van der Waals surface area contributed by atoms with Gasteiger partial charge in [0.25, 0.3) is 0 Å². The van der Waals surface area contributed by atoms with E-state index in [0.29, 0.717) is 70.4 Å². The third-order valence-corrected chi connectivity index (χ3v) is 7.06. The van der Waals surface area contributed by atoms with Gasteiger partial charge in [0.2, 0.25) is 5.91 Å². The molecule has 3 N–H and O–H groups in total. The highest BCUT2D eigenvalue weighted by Crippen LogP contribution is 2.34. The largest absolute Gasteiger partial charge is 0.492 e. The zero-order valence-electron chi connectivity index (χ0n) is 25.8. The molecule has 0 aliphatic heterocycles. The lowest BCUT2D eigenvalue weighted by atomic mass is 9.92. The minimum absolute atomic E-state index is 0.0768. The lowest BCUT2D eigenvalue weighted by Crippen LogP contribution is -2.19. The summed E-state index contributed by atoms with van der Waals surface area (Å²) in [4.78, 5) is 36.0. The number of nitrogens with one attached hydrogen (secondary N) is 3. The molecule has 0 saturated carbocycles. The van der Waals surface area contributed by atoms with Crippen LogP contribution in [-0.4, -0.2) is 73.2 Å². The van der Waals surface area contributed by atoms with Gasteiger partial charge in [-0.1, -0.05) is 20.8 Å². The van der Waals surface area contributed by atoms with E-state index < -0.39 is 5.82 Å². The van der Waals surface area contributed by atoms with Crippen molar-refractivity contribution in [3.05, 3.63) is 67.1 Å². The van der Waals surface area contributed by atoms with E-state index in [4.69, 9.17) is 9.72 Å². The van der Waals surface area contributed by atoms with Crippen LogP contribution >= 0.6 is 0 Å². The second kappa shape index (κ2) is 12.0. The normalized spacial score (nSPS) is 11.9. The number of aromatic amines is 2. The van der Waals surface area contributed by atoms with E-state index in [2.05, 4.69) is 35.5 Å². The molecule has 45 heavy (non-hydrogen) atoms. The molecule has 0 atom stereocenters. The Morgan fingerprint density at radius 1 is 0.978 bits per heavy atom. The Balaban J connectivity index is 1.33. The molecule has 5 heterocycles. The Hall–Kier alpha value is -5.23. The lowest BCUT2D eigenvalue weighted by molar-refractivity contribution is -0.117. The van der Waals surface area contributed by atoms with Gasteiger partial charge >= 0.3 is 0 Å². The summed E-state index contributed by atoms with van der Waals surface area (Å²) in [7, 11) is 3.90. The molecule has 0 unspecified atom stereocenters. The fraction of sp³-hybridized carbons (Fsp3) is 0.273. The molecule has 0 aliphatic rings. The minimum Gasteiger partial charge on any atom is -0.492 e. The number of nitrogens with zero attached hydrogens (tertiary/aromatic N) is 6. The molecular weight excluding hydrogens is 573 g/mol. The number of halogens is 1. The van der Waals surface area contributed by atoms with Crippen molar-refractivity contribution in [1.29, 1.82) is 0 Å². The van der Waals surface area contributed by atoms with Crippen LogP contribution in [0.25, 0.3) is 55.8 Å². The van der Waals surface area contributed by atoms with E-state index in [9.17, 15) is 9.18 Å². The number of carbonyl (C=O) groups is 1. The fourth-order valence-electron chi connectivity index (χ4n) is 4.99. The van der Waals surface area contributed by atoms with Gasteiger partial charge in [0, 0.05) is 47.9 Å². The first-order valence-corrected chi connectivity index (χ1v) is 14.5. The zero-order valence-corrected chi connectivity index (χ0v) is 25.8. The number of amides is 1. The molecule has 0 fully saturated rings. The molecule has 11 nitrogen and oxygen atoms in total. The van der Waals surface area contributed by atoms with Crippen LogP contribution in [0.2, 0.25) is 0 Å². The Bertz CT molecular complexity index is 2010. The van der Waals surface area contributed by atoms with Gasteiger partial charge in [-0.25, -0.2) is 9.37 Å². The first-order chi connectivity index (χ1) is 21.5. The summed E-state index contributed by atoms with van der Waals surface area (Å²) in [6.45, 7) is 7.19. The summed E-state index contributed by atoms with van der Waals surface area (Å²) in [5.41, 5.74) is 5.73. The highest BCUT2D eigenvalue weighted by Gasteiger charge is 2.19. The third-order valence-electron chi connectivity index (χ3n) is 7.06. The van der Waals surface area contributed by atoms with Gasteiger partial charge in [0.05, 0.1) is 46.5 Å². The molecule has 1 aromatic carbocycles. The van der Waals surface area contributed by atoms with Crippen LogP contribution in [0.5, 0.6) is 5.75 Å². The quantitative estimate of drug-likeness (QED) is 0.180. The van der Waals surface area contributed by atoms with Crippen LogP contribution in [-0.2, 0) is 4.79 Å². The molecule has 0 saturated heterocycles. The number of aromatic nitrogens is 7. The van der Waals surface area contributed by atoms with Gasteiger partial charge in [-0.2, -0.15) is 5.10 Å². The Morgan fingerprint density at radius 3 is 2.60 bits per heavy atom. The van der Waals surface area contributed by atoms with E-state index in [1.807, 2.05) is 51.9 Å². The molecule has 0 radical (unpaired) electrons. The van der Waals surface area contributed by atoms with Crippen molar-refractivity contribution in [1.82, 2.24) is 40.0 Å². The number of ether oxygens (including phenoxy) is 1. The summed E-state index contributed by atoms with van der Waals surface area (Å²) in [5, 5.41) is 11.3. The maximum atomic E-state index is 14.6. The number of benzene rings is 1. The van der Waals surface area contributed by atoms with Crippen LogP contribution in [0.4, 0.5) is 10.1 Å². The highest BCUT2D eigenvalue weighted by molar-refractivity contribution is 5.97. The molecule has 0 aliphatic carbocycles. The number of carbonyl (C=O) groups excluding carboxylic acids is 1. The van der Waals surface area contributed by atoms with Crippen LogP contribution in [0, 0.1) is 11.2 Å². The standard InChI is InChI=1S/C33H34FN9O2/c1-33(2,3)13-29(44)38-22-9-20(14-35-15-22)26-12-24-27(18-37-26)41-42-31(24)32-39-28-17-36-16-25(30(28)40-32)19-8-21(34)11-23(10-19)45-7-6-43(4)5/h8-12,14-18H,6-7,13H2,1-5H3,(H,38,44)(H,39,40)(H,41,42).